The summed E-state index contributed by atoms with van der Waals surface area (Å²) in [5, 5.41) is 23.3. The van der Waals surface area contributed by atoms with E-state index in [9.17, 15) is 5.11 Å². The molecule has 0 spiro atoms. The highest BCUT2D eigenvalue weighted by molar-refractivity contribution is 9.10. The fourth-order valence-corrected chi connectivity index (χ4v) is 3.54. The van der Waals surface area contributed by atoms with Crippen LogP contribution in [0.15, 0.2) is 57.7 Å². The largest absolute Gasteiger partial charge is 0.495 e. The van der Waals surface area contributed by atoms with Crippen molar-refractivity contribution in [1.29, 1.82) is 0 Å². The number of aromatic hydroxyl groups is 1. The van der Waals surface area contributed by atoms with E-state index < -0.39 is 0 Å². The summed E-state index contributed by atoms with van der Waals surface area (Å²) < 4.78 is 7.89. The molecule has 0 unspecified atom stereocenters. The molecule has 2 N–H and O–H groups in total. The van der Waals surface area contributed by atoms with Gasteiger partial charge in [0.05, 0.1) is 18.3 Å². The van der Waals surface area contributed by atoms with Gasteiger partial charge in [-0.15, -0.1) is 16.8 Å². The van der Waals surface area contributed by atoms with Gasteiger partial charge in [-0.3, -0.25) is 0 Å². The number of anilines is 1. The Kier molecular flexibility index (Phi) is 6.56. The van der Waals surface area contributed by atoms with E-state index in [1.165, 1.54) is 0 Å². The number of nitrogens with zero attached hydrogens (tertiary/aromatic N) is 3. The number of fused-ring (bicyclic) bond motifs is 1. The van der Waals surface area contributed by atoms with E-state index in [0.717, 1.165) is 20.9 Å². The first kappa shape index (κ1) is 21.3. The van der Waals surface area contributed by atoms with Gasteiger partial charge >= 0.3 is 0 Å². The lowest BCUT2D eigenvalue weighted by Gasteiger charge is -2.11. The normalized spacial score (nSPS) is 11.2. The molecule has 0 bridgehead atoms. The summed E-state index contributed by atoms with van der Waals surface area (Å²) in [6, 6.07) is 9.16. The lowest BCUT2D eigenvalue weighted by molar-refractivity contribution is 0.417. The molecule has 3 aromatic rings. The van der Waals surface area contributed by atoms with Crippen LogP contribution >= 0.6 is 39.7 Å². The van der Waals surface area contributed by atoms with Gasteiger partial charge in [-0.25, -0.2) is 0 Å². The molecule has 1 heterocycles. The van der Waals surface area contributed by atoms with Crippen molar-refractivity contribution in [1.82, 2.24) is 4.57 Å². The second kappa shape index (κ2) is 8.94. The fourth-order valence-electron chi connectivity index (χ4n) is 2.87. The van der Waals surface area contributed by atoms with Crippen LogP contribution in [0.5, 0.6) is 11.6 Å². The summed E-state index contributed by atoms with van der Waals surface area (Å²) in [6.07, 6.45) is 1.70. The van der Waals surface area contributed by atoms with Gasteiger partial charge in [-0.2, -0.15) is 0 Å². The highest BCUT2D eigenvalue weighted by atomic mass is 79.9. The molecule has 9 heteroatoms. The summed E-state index contributed by atoms with van der Waals surface area (Å²) >= 11 is 14.9. The Morgan fingerprint density at radius 3 is 2.86 bits per heavy atom. The monoisotopic (exact) mass is 492 g/mol. The fraction of sp³-hybridized carbons (Fsp3) is 0.150. The molecule has 6 nitrogen and oxygen atoms in total. The number of azo groups is 1. The van der Waals surface area contributed by atoms with Gasteiger partial charge in [0.1, 0.15) is 5.75 Å². The minimum absolute atomic E-state index is 0.00975. The summed E-state index contributed by atoms with van der Waals surface area (Å²) in [4.78, 5) is 0. The minimum atomic E-state index is -0.00975. The van der Waals surface area contributed by atoms with Crippen LogP contribution < -0.4 is 10.1 Å². The summed E-state index contributed by atoms with van der Waals surface area (Å²) in [6.45, 7) is 6.04. The number of hydrogen-bond donors (Lipinski definition) is 2. The number of thiocarbonyl (C=S) groups is 1. The van der Waals surface area contributed by atoms with Crippen LogP contribution in [0.4, 0.5) is 11.4 Å². The predicted molar refractivity (Wildman–Crippen MR) is 125 cm³/mol. The second-order valence-electron chi connectivity index (χ2n) is 6.16. The third kappa shape index (κ3) is 4.44. The van der Waals surface area contributed by atoms with E-state index >= 15 is 0 Å². The maximum absolute atomic E-state index is 10.6. The van der Waals surface area contributed by atoms with Crippen molar-refractivity contribution in [2.45, 2.75) is 13.5 Å². The predicted octanol–water partition coefficient (Wildman–Crippen LogP) is 6.75. The Morgan fingerprint density at radius 2 is 2.17 bits per heavy atom. The third-order valence-electron chi connectivity index (χ3n) is 4.25. The first-order chi connectivity index (χ1) is 13.8. The third-order valence-corrected chi connectivity index (χ3v) is 5.33. The molecule has 2 aromatic carbocycles. The Labute approximate surface area is 187 Å². The maximum Gasteiger partial charge on any atom is 0.221 e. The van der Waals surface area contributed by atoms with Crippen molar-refractivity contribution in [3.8, 4) is 11.6 Å². The standard InChI is InChI=1S/C20H18BrClN4O2S/c1-4-7-26-16-6-5-12(21)9-13(16)18(19(26)27)24-25-20(29)23-15-8-11(2)14(22)10-17(15)28-3/h4-6,8-10,27H,1,7H2,2-3H3,(H,23,29). The van der Waals surface area contributed by atoms with E-state index in [4.69, 9.17) is 28.6 Å². The number of hydrogen-bond acceptors (Lipinski definition) is 4. The Bertz CT molecular complexity index is 1140. The first-order valence-corrected chi connectivity index (χ1v) is 10.1. The molecule has 150 valence electrons. The number of allylic oxidation sites excluding steroid dienone is 1. The Hall–Kier alpha value is -2.42. The summed E-state index contributed by atoms with van der Waals surface area (Å²) in [5.74, 6) is 0.525. The van der Waals surface area contributed by atoms with E-state index in [1.807, 2.05) is 31.2 Å². The number of halogens is 2. The molecule has 0 fully saturated rings. The van der Waals surface area contributed by atoms with Gasteiger partial charge in [0.15, 0.2) is 5.69 Å². The molecule has 0 amide bonds. The van der Waals surface area contributed by atoms with Crippen LogP contribution in [0, 0.1) is 6.92 Å². The van der Waals surface area contributed by atoms with Crippen molar-refractivity contribution < 1.29 is 9.84 Å². The number of nitrogens with one attached hydrogen (secondary N) is 1. The molecule has 0 saturated carbocycles. The van der Waals surface area contributed by atoms with Gasteiger partial charge in [0, 0.05) is 27.5 Å². The maximum atomic E-state index is 10.6. The quantitative estimate of drug-likeness (QED) is 0.234. The van der Waals surface area contributed by atoms with Crippen LogP contribution in [0.2, 0.25) is 5.02 Å². The smallest absolute Gasteiger partial charge is 0.221 e. The molecule has 0 atom stereocenters. The van der Waals surface area contributed by atoms with E-state index in [0.29, 0.717) is 28.7 Å². The molecule has 3 rings (SSSR count). The molecular weight excluding hydrogens is 476 g/mol. The van der Waals surface area contributed by atoms with Crippen LogP contribution in [-0.4, -0.2) is 21.9 Å². The lowest BCUT2D eigenvalue weighted by Crippen LogP contribution is -2.06. The van der Waals surface area contributed by atoms with E-state index in [2.05, 4.69) is 38.1 Å². The highest BCUT2D eigenvalue weighted by Gasteiger charge is 2.16. The van der Waals surface area contributed by atoms with Crippen molar-refractivity contribution in [2.75, 3.05) is 12.4 Å². The van der Waals surface area contributed by atoms with Gasteiger partial charge < -0.3 is 19.7 Å². The number of aromatic nitrogens is 1. The van der Waals surface area contributed by atoms with Crippen molar-refractivity contribution in [3.63, 3.8) is 0 Å². The molecule has 0 aliphatic heterocycles. The molecule has 1 aromatic heterocycles. The van der Waals surface area contributed by atoms with Crippen LogP contribution in [0.3, 0.4) is 0 Å². The summed E-state index contributed by atoms with van der Waals surface area (Å²) in [7, 11) is 1.54. The lowest BCUT2D eigenvalue weighted by atomic mass is 10.2. The number of rotatable bonds is 5. The number of methoxy groups -OCH3 is 1. The molecule has 0 radical (unpaired) electrons. The van der Waals surface area contributed by atoms with Crippen LogP contribution in [0.1, 0.15) is 5.56 Å². The zero-order valence-corrected chi connectivity index (χ0v) is 18.9. The number of aryl methyl sites for hydroxylation is 1. The van der Waals surface area contributed by atoms with Crippen LogP contribution in [-0.2, 0) is 6.54 Å². The van der Waals surface area contributed by atoms with Crippen molar-refractivity contribution >= 4 is 67.1 Å². The molecule has 0 saturated heterocycles. The van der Waals surface area contributed by atoms with Gasteiger partial charge in [-0.05, 0) is 49.0 Å². The molecule has 0 aliphatic rings. The molecular formula is C20H18BrClN4O2S. The van der Waals surface area contributed by atoms with Gasteiger partial charge in [0.2, 0.25) is 11.0 Å². The minimum Gasteiger partial charge on any atom is -0.495 e. The SMILES string of the molecule is C=CCn1c(O)c(N=NC(=S)Nc2cc(C)c(Cl)cc2OC)c2cc(Br)ccc21. The second-order valence-corrected chi connectivity index (χ2v) is 7.87. The topological polar surface area (TPSA) is 71.1 Å². The van der Waals surface area contributed by atoms with Gasteiger partial charge in [0.25, 0.3) is 0 Å². The van der Waals surface area contributed by atoms with E-state index in [-0.39, 0.29) is 11.0 Å². The van der Waals surface area contributed by atoms with Crippen molar-refractivity contribution in [3.05, 3.63) is 58.0 Å². The zero-order chi connectivity index (χ0) is 21.1. The average molecular weight is 494 g/mol. The summed E-state index contributed by atoms with van der Waals surface area (Å²) in [5.41, 5.74) is 2.63. The number of ether oxygens (including phenoxy) is 1. The van der Waals surface area contributed by atoms with Crippen molar-refractivity contribution in [2.24, 2.45) is 10.2 Å². The Balaban J connectivity index is 1.94. The molecule has 0 aliphatic carbocycles. The molecule has 29 heavy (non-hydrogen) atoms. The number of benzene rings is 2. The van der Waals surface area contributed by atoms with Gasteiger partial charge in [-0.1, -0.05) is 33.6 Å². The van der Waals surface area contributed by atoms with E-state index in [1.54, 1.807) is 23.8 Å². The zero-order valence-electron chi connectivity index (χ0n) is 15.7. The highest BCUT2D eigenvalue weighted by Crippen LogP contribution is 2.40. The Morgan fingerprint density at radius 1 is 1.41 bits per heavy atom. The average Bonchev–Trinajstić information content (AvgIpc) is 2.94. The first-order valence-electron chi connectivity index (χ1n) is 8.54. The van der Waals surface area contributed by atoms with Crippen LogP contribution in [0.25, 0.3) is 10.9 Å².